The number of methoxy groups -OCH3 is 2. The summed E-state index contributed by atoms with van der Waals surface area (Å²) >= 11 is 1.59. The third-order valence-corrected chi connectivity index (χ3v) is 3.89. The number of nitrogens with zero attached hydrogens (tertiary/aromatic N) is 2. The van der Waals surface area contributed by atoms with E-state index in [1.807, 2.05) is 18.2 Å². The van der Waals surface area contributed by atoms with E-state index in [4.69, 9.17) is 9.47 Å². The summed E-state index contributed by atoms with van der Waals surface area (Å²) in [7, 11) is 3.30. The van der Waals surface area contributed by atoms with E-state index in [-0.39, 0.29) is 0 Å². The van der Waals surface area contributed by atoms with Gasteiger partial charge in [0, 0.05) is 13.0 Å². The van der Waals surface area contributed by atoms with Gasteiger partial charge in [-0.2, -0.15) is 0 Å². The van der Waals surface area contributed by atoms with E-state index in [2.05, 4.69) is 22.4 Å². The average Bonchev–Trinajstić information content (AvgIpc) is 2.95. The highest BCUT2D eigenvalue weighted by Crippen LogP contribution is 2.34. The molecule has 0 unspecified atom stereocenters. The summed E-state index contributed by atoms with van der Waals surface area (Å²) < 4.78 is 10.6. The Labute approximate surface area is 123 Å². The zero-order chi connectivity index (χ0) is 14.4. The van der Waals surface area contributed by atoms with Gasteiger partial charge in [-0.15, -0.1) is 10.2 Å². The molecule has 1 N–H and O–H groups in total. The maximum atomic E-state index is 5.38. The molecule has 1 aromatic heterocycles. The maximum absolute atomic E-state index is 5.38. The van der Waals surface area contributed by atoms with Crippen molar-refractivity contribution in [3.63, 3.8) is 0 Å². The average molecular weight is 293 g/mol. The van der Waals surface area contributed by atoms with E-state index in [1.165, 1.54) is 0 Å². The minimum Gasteiger partial charge on any atom is -0.497 e. The fraction of sp³-hybridized carbons (Fsp3) is 0.429. The molecule has 20 heavy (non-hydrogen) atoms. The third kappa shape index (κ3) is 3.46. The first-order valence-electron chi connectivity index (χ1n) is 6.54. The van der Waals surface area contributed by atoms with Crippen LogP contribution >= 0.6 is 11.3 Å². The highest BCUT2D eigenvalue weighted by molar-refractivity contribution is 7.14. The Morgan fingerprint density at radius 1 is 1.20 bits per heavy atom. The zero-order valence-electron chi connectivity index (χ0n) is 12.0. The smallest absolute Gasteiger partial charge is 0.151 e. The molecule has 1 aromatic carbocycles. The van der Waals surface area contributed by atoms with E-state index in [0.717, 1.165) is 46.6 Å². The molecule has 108 valence electrons. The summed E-state index contributed by atoms with van der Waals surface area (Å²) in [5.41, 5.74) is 0.916. The molecule has 0 radical (unpaired) electrons. The van der Waals surface area contributed by atoms with Gasteiger partial charge in [0.2, 0.25) is 0 Å². The van der Waals surface area contributed by atoms with E-state index in [0.29, 0.717) is 0 Å². The zero-order valence-corrected chi connectivity index (χ0v) is 12.8. The maximum Gasteiger partial charge on any atom is 0.151 e. The molecule has 2 rings (SSSR count). The Hall–Kier alpha value is -1.66. The van der Waals surface area contributed by atoms with Gasteiger partial charge in [0.25, 0.3) is 0 Å². The largest absolute Gasteiger partial charge is 0.497 e. The Bertz CT molecular complexity index is 557. The van der Waals surface area contributed by atoms with Gasteiger partial charge in [-0.3, -0.25) is 0 Å². The number of ether oxygens (including phenoxy) is 2. The van der Waals surface area contributed by atoms with Crippen LogP contribution in [0.4, 0.5) is 0 Å². The first-order chi connectivity index (χ1) is 9.78. The summed E-state index contributed by atoms with van der Waals surface area (Å²) in [5, 5.41) is 13.6. The summed E-state index contributed by atoms with van der Waals surface area (Å²) in [6.07, 6.45) is 0.887. The fourth-order valence-electron chi connectivity index (χ4n) is 1.82. The normalized spacial score (nSPS) is 10.6. The van der Waals surface area contributed by atoms with Crippen LogP contribution < -0.4 is 14.8 Å². The van der Waals surface area contributed by atoms with Crippen molar-refractivity contribution in [3.05, 3.63) is 23.2 Å². The SMILES string of the molecule is CCNCCc1nnc(-c2cc(OC)ccc2OC)s1. The van der Waals surface area contributed by atoms with Crippen molar-refractivity contribution in [2.75, 3.05) is 27.3 Å². The number of benzene rings is 1. The summed E-state index contributed by atoms with van der Waals surface area (Å²) in [6.45, 7) is 3.97. The summed E-state index contributed by atoms with van der Waals surface area (Å²) in [6, 6.07) is 5.68. The van der Waals surface area contributed by atoms with Crippen LogP contribution in [0.3, 0.4) is 0 Å². The van der Waals surface area contributed by atoms with Crippen LogP contribution in [0.15, 0.2) is 18.2 Å². The van der Waals surface area contributed by atoms with Gasteiger partial charge < -0.3 is 14.8 Å². The van der Waals surface area contributed by atoms with E-state index >= 15 is 0 Å². The molecular weight excluding hydrogens is 274 g/mol. The van der Waals surface area contributed by atoms with E-state index in [1.54, 1.807) is 25.6 Å². The molecule has 0 saturated heterocycles. The predicted molar refractivity (Wildman–Crippen MR) is 80.7 cm³/mol. The van der Waals surface area contributed by atoms with Gasteiger partial charge in [-0.25, -0.2) is 0 Å². The molecule has 0 amide bonds. The number of likely N-dealkylation sites (N-methyl/N-ethyl adjacent to an activating group) is 1. The van der Waals surface area contributed by atoms with Crippen LogP contribution in [0.1, 0.15) is 11.9 Å². The summed E-state index contributed by atoms with van der Waals surface area (Å²) in [5.74, 6) is 1.56. The second kappa shape index (κ2) is 7.21. The van der Waals surface area contributed by atoms with E-state index < -0.39 is 0 Å². The number of nitrogens with one attached hydrogen (secondary N) is 1. The fourth-order valence-corrected chi connectivity index (χ4v) is 2.68. The molecule has 0 aliphatic carbocycles. The predicted octanol–water partition coefficient (Wildman–Crippen LogP) is 2.37. The lowest BCUT2D eigenvalue weighted by Gasteiger charge is -2.07. The van der Waals surface area contributed by atoms with Crippen molar-refractivity contribution >= 4 is 11.3 Å². The highest BCUT2D eigenvalue weighted by Gasteiger charge is 2.13. The molecule has 2 aromatic rings. The van der Waals surface area contributed by atoms with Crippen molar-refractivity contribution in [2.24, 2.45) is 0 Å². The quantitative estimate of drug-likeness (QED) is 0.794. The molecule has 0 atom stereocenters. The van der Waals surface area contributed by atoms with Crippen molar-refractivity contribution in [1.29, 1.82) is 0 Å². The number of hydrogen-bond acceptors (Lipinski definition) is 6. The topological polar surface area (TPSA) is 56.3 Å². The van der Waals surface area contributed by atoms with Crippen molar-refractivity contribution in [2.45, 2.75) is 13.3 Å². The third-order valence-electron chi connectivity index (χ3n) is 2.87. The first kappa shape index (κ1) is 14.7. The van der Waals surface area contributed by atoms with Crippen molar-refractivity contribution < 1.29 is 9.47 Å². The molecule has 0 saturated carbocycles. The molecule has 1 heterocycles. The molecule has 6 heteroatoms. The van der Waals surface area contributed by atoms with Gasteiger partial charge in [-0.1, -0.05) is 18.3 Å². The van der Waals surface area contributed by atoms with Crippen LogP contribution in [0, 0.1) is 0 Å². The molecule has 0 fully saturated rings. The molecule has 0 bridgehead atoms. The Balaban J connectivity index is 2.22. The van der Waals surface area contributed by atoms with Gasteiger partial charge >= 0.3 is 0 Å². The van der Waals surface area contributed by atoms with Crippen LogP contribution in [0.25, 0.3) is 10.6 Å². The van der Waals surface area contributed by atoms with Crippen LogP contribution in [-0.4, -0.2) is 37.5 Å². The molecular formula is C14H19N3O2S. The second-order valence-corrected chi connectivity index (χ2v) is 5.23. The van der Waals surface area contributed by atoms with Crippen LogP contribution in [0.5, 0.6) is 11.5 Å². The molecule has 0 spiro atoms. The first-order valence-corrected chi connectivity index (χ1v) is 7.35. The monoisotopic (exact) mass is 293 g/mol. The van der Waals surface area contributed by atoms with Crippen molar-refractivity contribution in [3.8, 4) is 22.1 Å². The number of hydrogen-bond donors (Lipinski definition) is 1. The Morgan fingerprint density at radius 2 is 2.05 bits per heavy atom. The standard InChI is InChI=1S/C14H19N3O2S/c1-4-15-8-7-13-16-17-14(20-13)11-9-10(18-2)5-6-12(11)19-3/h5-6,9,15H,4,7-8H2,1-3H3. The number of rotatable bonds is 7. The number of aromatic nitrogens is 2. The van der Waals surface area contributed by atoms with Gasteiger partial charge in [0.05, 0.1) is 19.8 Å². The van der Waals surface area contributed by atoms with E-state index in [9.17, 15) is 0 Å². The molecule has 0 aliphatic rings. The second-order valence-electron chi connectivity index (χ2n) is 4.17. The van der Waals surface area contributed by atoms with Gasteiger partial charge in [-0.05, 0) is 24.7 Å². The molecule has 0 aliphatic heterocycles. The Kier molecular flexibility index (Phi) is 5.31. The Morgan fingerprint density at radius 3 is 2.75 bits per heavy atom. The highest BCUT2D eigenvalue weighted by atomic mass is 32.1. The lowest BCUT2D eigenvalue weighted by molar-refractivity contribution is 0.404. The van der Waals surface area contributed by atoms with Gasteiger partial charge in [0.1, 0.15) is 16.5 Å². The minimum absolute atomic E-state index is 0.778. The minimum atomic E-state index is 0.778. The van der Waals surface area contributed by atoms with Crippen molar-refractivity contribution in [1.82, 2.24) is 15.5 Å². The lowest BCUT2D eigenvalue weighted by atomic mass is 10.2. The van der Waals surface area contributed by atoms with Gasteiger partial charge in [0.15, 0.2) is 5.01 Å². The summed E-state index contributed by atoms with van der Waals surface area (Å²) in [4.78, 5) is 0. The molecule has 5 nitrogen and oxygen atoms in total. The lowest BCUT2D eigenvalue weighted by Crippen LogP contribution is -2.15. The van der Waals surface area contributed by atoms with Crippen LogP contribution in [-0.2, 0) is 6.42 Å². The van der Waals surface area contributed by atoms with Crippen LogP contribution in [0.2, 0.25) is 0 Å².